The minimum Gasteiger partial charge on any atom is -0.455 e. The number of hydrogen-bond donors (Lipinski definition) is 0. The summed E-state index contributed by atoms with van der Waals surface area (Å²) in [5.41, 5.74) is 14.0. The third kappa shape index (κ3) is 6.10. The van der Waals surface area contributed by atoms with Gasteiger partial charge in [-0.05, 0) is 77.2 Å². The first kappa shape index (κ1) is 39.3. The number of pyridine rings is 1. The molecule has 7 nitrogen and oxygen atoms in total. The monoisotopic (exact) mass is 907 g/mol. The summed E-state index contributed by atoms with van der Waals surface area (Å²) in [5, 5.41) is 9.85. The van der Waals surface area contributed by atoms with Crippen LogP contribution in [0.1, 0.15) is 0 Å². The van der Waals surface area contributed by atoms with E-state index < -0.39 is 0 Å². The number of furan rings is 2. The fourth-order valence-corrected chi connectivity index (χ4v) is 10.8. The van der Waals surface area contributed by atoms with E-state index in [9.17, 15) is 0 Å². The number of nitrogens with zero attached hydrogens (tertiary/aromatic N) is 5. The fraction of sp³-hybridized carbons (Fsp3) is 0. The number of aromatic nitrogens is 5. The van der Waals surface area contributed by atoms with E-state index in [1.807, 2.05) is 60.7 Å². The van der Waals surface area contributed by atoms with E-state index in [0.29, 0.717) is 17.5 Å². The van der Waals surface area contributed by atoms with Gasteiger partial charge in [-0.1, -0.05) is 164 Å². The van der Waals surface area contributed by atoms with Crippen molar-refractivity contribution in [2.24, 2.45) is 0 Å². The largest absolute Gasteiger partial charge is 0.455 e. The second-order valence-corrected chi connectivity index (χ2v) is 18.1. The van der Waals surface area contributed by atoms with Crippen molar-refractivity contribution in [2.75, 3.05) is 0 Å². The van der Waals surface area contributed by atoms with Crippen molar-refractivity contribution in [1.29, 1.82) is 0 Å². The van der Waals surface area contributed by atoms with Crippen LogP contribution in [0.2, 0.25) is 0 Å². The molecule has 330 valence electrons. The van der Waals surface area contributed by atoms with E-state index in [1.54, 1.807) is 0 Å². The summed E-state index contributed by atoms with van der Waals surface area (Å²) in [6, 6.07) is 78.1. The zero-order valence-electron chi connectivity index (χ0n) is 37.9. The molecule has 10 aromatic carbocycles. The molecule has 0 fully saturated rings. The van der Waals surface area contributed by atoms with E-state index in [-0.39, 0.29) is 0 Å². The highest BCUT2D eigenvalue weighted by Crippen LogP contribution is 2.44. The highest BCUT2D eigenvalue weighted by atomic mass is 16.3. The molecule has 0 atom stereocenters. The number of para-hydroxylation sites is 6. The summed E-state index contributed by atoms with van der Waals surface area (Å²) < 4.78 is 15.4. The summed E-state index contributed by atoms with van der Waals surface area (Å²) in [6.07, 6.45) is 0. The zero-order chi connectivity index (χ0) is 46.6. The van der Waals surface area contributed by atoms with Gasteiger partial charge in [-0.15, -0.1) is 0 Å². The molecule has 0 unspecified atom stereocenters. The Balaban J connectivity index is 0.899. The van der Waals surface area contributed by atoms with Gasteiger partial charge in [0.25, 0.3) is 0 Å². The number of benzene rings is 10. The normalized spacial score (nSPS) is 11.9. The van der Waals surface area contributed by atoms with Crippen molar-refractivity contribution in [2.45, 2.75) is 0 Å². The summed E-state index contributed by atoms with van der Waals surface area (Å²) >= 11 is 0. The summed E-state index contributed by atoms with van der Waals surface area (Å²) in [7, 11) is 0. The van der Waals surface area contributed by atoms with Gasteiger partial charge >= 0.3 is 0 Å². The van der Waals surface area contributed by atoms with E-state index in [0.717, 1.165) is 121 Å². The minimum absolute atomic E-state index is 0.511. The molecule has 0 aliphatic heterocycles. The minimum atomic E-state index is 0.511. The molecule has 7 heteroatoms. The highest BCUT2D eigenvalue weighted by Gasteiger charge is 2.23. The molecule has 15 rings (SSSR count). The van der Waals surface area contributed by atoms with Crippen LogP contribution in [-0.2, 0) is 0 Å². The summed E-state index contributed by atoms with van der Waals surface area (Å²) in [4.78, 5) is 21.1. The average Bonchev–Trinajstić information content (AvgIpc) is 4.13. The van der Waals surface area contributed by atoms with Crippen molar-refractivity contribution >= 4 is 87.4 Å². The summed E-state index contributed by atoms with van der Waals surface area (Å²) in [6.45, 7) is 0. The van der Waals surface area contributed by atoms with Gasteiger partial charge in [0.05, 0.1) is 33.4 Å². The topological polar surface area (TPSA) is 82.8 Å². The lowest BCUT2D eigenvalue weighted by atomic mass is 9.94. The lowest BCUT2D eigenvalue weighted by Gasteiger charge is -2.14. The Hall–Kier alpha value is -9.72. The van der Waals surface area contributed by atoms with E-state index in [4.69, 9.17) is 28.8 Å². The van der Waals surface area contributed by atoms with Gasteiger partial charge in [-0.3, -0.25) is 0 Å². The maximum atomic E-state index is 6.53. The molecule has 0 N–H and O–H groups in total. The average molecular weight is 908 g/mol. The van der Waals surface area contributed by atoms with Gasteiger partial charge in [0.2, 0.25) is 0 Å². The molecule has 71 heavy (non-hydrogen) atoms. The van der Waals surface area contributed by atoms with Crippen molar-refractivity contribution in [1.82, 2.24) is 24.5 Å². The quantitative estimate of drug-likeness (QED) is 0.155. The Bertz CT molecular complexity index is 4500. The Morgan fingerprint density at radius 2 is 0.859 bits per heavy atom. The number of hydrogen-bond acceptors (Lipinski definition) is 6. The molecular formula is C64H37N5O2. The van der Waals surface area contributed by atoms with Crippen LogP contribution in [-0.4, -0.2) is 24.5 Å². The van der Waals surface area contributed by atoms with Crippen molar-refractivity contribution in [3.8, 4) is 62.2 Å². The molecule has 15 aromatic rings. The smallest absolute Gasteiger partial charge is 0.167 e. The molecule has 5 aromatic heterocycles. The molecule has 0 bridgehead atoms. The predicted octanol–water partition coefficient (Wildman–Crippen LogP) is 16.8. The Morgan fingerprint density at radius 1 is 0.310 bits per heavy atom. The molecule has 0 saturated carbocycles. The maximum Gasteiger partial charge on any atom is 0.167 e. The molecule has 5 heterocycles. The Labute approximate surface area is 405 Å². The van der Waals surface area contributed by atoms with Crippen LogP contribution in [0.3, 0.4) is 0 Å². The standard InChI is InChI=1S/C64H37N5O2/c1-3-15-39(16-4-1)59-58-45(34-36-54-57(58)48-21-7-10-26-53(48)69(54)42-17-5-2-6-18-42)51-37-41(33-35-52(51)65-59)38-29-31-40(32-30-38)62-66-63(49-24-13-22-46-43-19-8-11-27-55(43)70-60(46)49)68-64(67-62)50-25-14-23-47-44-20-9-12-28-56(44)71-61(47)50/h1-37H. The van der Waals surface area contributed by atoms with Gasteiger partial charge in [-0.25, -0.2) is 19.9 Å². The van der Waals surface area contributed by atoms with E-state index in [2.05, 4.69) is 168 Å². The Kier molecular flexibility index (Phi) is 8.52. The molecule has 0 saturated heterocycles. The first-order valence-electron chi connectivity index (χ1n) is 23.8. The number of rotatable bonds is 6. The molecular weight excluding hydrogens is 871 g/mol. The van der Waals surface area contributed by atoms with Crippen molar-refractivity contribution < 1.29 is 8.83 Å². The van der Waals surface area contributed by atoms with Gasteiger partial charge < -0.3 is 13.4 Å². The predicted molar refractivity (Wildman–Crippen MR) is 289 cm³/mol. The van der Waals surface area contributed by atoms with Crippen LogP contribution in [0.5, 0.6) is 0 Å². The van der Waals surface area contributed by atoms with Crippen LogP contribution < -0.4 is 0 Å². The molecule has 0 amide bonds. The molecule has 0 aliphatic carbocycles. The summed E-state index contributed by atoms with van der Waals surface area (Å²) in [5.74, 6) is 1.56. The van der Waals surface area contributed by atoms with Crippen LogP contribution in [0.4, 0.5) is 0 Å². The van der Waals surface area contributed by atoms with Gasteiger partial charge in [0.15, 0.2) is 17.5 Å². The van der Waals surface area contributed by atoms with Gasteiger partial charge in [-0.2, -0.15) is 0 Å². The van der Waals surface area contributed by atoms with Gasteiger partial charge in [0.1, 0.15) is 22.3 Å². The van der Waals surface area contributed by atoms with Crippen molar-refractivity contribution in [3.63, 3.8) is 0 Å². The first-order chi connectivity index (χ1) is 35.2. The van der Waals surface area contributed by atoms with Crippen LogP contribution in [0.15, 0.2) is 233 Å². The molecule has 0 radical (unpaired) electrons. The van der Waals surface area contributed by atoms with Crippen molar-refractivity contribution in [3.05, 3.63) is 224 Å². The second kappa shape index (κ2) is 15.4. The van der Waals surface area contributed by atoms with Crippen LogP contribution in [0, 0.1) is 0 Å². The number of fused-ring (bicyclic) bond motifs is 13. The first-order valence-corrected chi connectivity index (χ1v) is 23.8. The third-order valence-corrected chi connectivity index (χ3v) is 14.1. The third-order valence-electron chi connectivity index (χ3n) is 14.1. The second-order valence-electron chi connectivity index (χ2n) is 18.1. The molecule has 0 spiro atoms. The lowest BCUT2D eigenvalue weighted by Crippen LogP contribution is -2.00. The SMILES string of the molecule is c1ccc(-c2nc3ccc(-c4ccc(-c5nc(-c6cccc7c6oc6ccccc67)nc(-c6cccc7c6oc6ccccc67)n5)cc4)cc3c3ccc4c(c5ccccc5n4-c4ccccc4)c23)cc1. The highest BCUT2D eigenvalue weighted by molar-refractivity contribution is 6.28. The molecule has 0 aliphatic rings. The zero-order valence-corrected chi connectivity index (χ0v) is 37.9. The fourth-order valence-electron chi connectivity index (χ4n) is 10.8. The van der Waals surface area contributed by atoms with E-state index >= 15 is 0 Å². The van der Waals surface area contributed by atoms with Crippen LogP contribution >= 0.6 is 0 Å². The van der Waals surface area contributed by atoms with Gasteiger partial charge in [0, 0.05) is 59.9 Å². The lowest BCUT2D eigenvalue weighted by molar-refractivity contribution is 0.669. The maximum absolute atomic E-state index is 6.53. The Morgan fingerprint density at radius 3 is 1.54 bits per heavy atom. The van der Waals surface area contributed by atoms with E-state index in [1.165, 1.54) is 10.8 Å². The van der Waals surface area contributed by atoms with Crippen LogP contribution in [0.25, 0.3) is 150 Å².